The number of ketones is 1. The Morgan fingerprint density at radius 1 is 1.23 bits per heavy atom. The normalized spacial score (nSPS) is 22.0. The molecular formula is C24H34N2O4S. The topological polar surface area (TPSA) is 78.3 Å². The SMILES string of the molecule is CC(C)[C@@H]1CC[C@@H](C)C[C@H]1C(=O)Cc1cc(-c2ccccc2)nn1CCOS(C)(=O)=O. The van der Waals surface area contributed by atoms with Gasteiger partial charge in [0.2, 0.25) is 0 Å². The summed E-state index contributed by atoms with van der Waals surface area (Å²) >= 11 is 0. The molecule has 0 amide bonds. The molecular weight excluding hydrogens is 412 g/mol. The molecule has 1 aromatic carbocycles. The number of Topliss-reactive ketones (excluding diaryl/α,β-unsaturated/α-hetero) is 1. The first-order valence-electron chi connectivity index (χ1n) is 11.1. The molecule has 3 rings (SSSR count). The Labute approximate surface area is 186 Å². The highest BCUT2D eigenvalue weighted by Crippen LogP contribution is 2.39. The molecule has 7 heteroatoms. The molecule has 0 aliphatic heterocycles. The second-order valence-corrected chi connectivity index (χ2v) is 10.9. The molecule has 3 atom stereocenters. The summed E-state index contributed by atoms with van der Waals surface area (Å²) in [6.45, 7) is 6.92. The minimum atomic E-state index is -3.52. The summed E-state index contributed by atoms with van der Waals surface area (Å²) < 4.78 is 29.3. The number of benzene rings is 1. The van der Waals surface area contributed by atoms with Gasteiger partial charge in [0.25, 0.3) is 10.1 Å². The zero-order valence-corrected chi connectivity index (χ0v) is 19.8. The molecule has 1 aliphatic carbocycles. The predicted octanol–water partition coefficient (Wildman–Crippen LogP) is 4.35. The zero-order chi connectivity index (χ0) is 22.6. The van der Waals surface area contributed by atoms with Crippen molar-refractivity contribution in [2.75, 3.05) is 12.9 Å². The smallest absolute Gasteiger partial charge is 0.264 e. The number of carbonyl (C=O) groups excluding carboxylic acids is 1. The molecule has 6 nitrogen and oxygen atoms in total. The fraction of sp³-hybridized carbons (Fsp3) is 0.583. The lowest BCUT2D eigenvalue weighted by Gasteiger charge is -2.36. The Kier molecular flexibility index (Phi) is 7.70. The van der Waals surface area contributed by atoms with E-state index in [1.54, 1.807) is 4.68 Å². The molecule has 0 saturated heterocycles. The van der Waals surface area contributed by atoms with Crippen LogP contribution in [0.25, 0.3) is 11.3 Å². The van der Waals surface area contributed by atoms with Gasteiger partial charge in [0.1, 0.15) is 5.78 Å². The fourth-order valence-electron chi connectivity index (χ4n) is 4.70. The number of aromatic nitrogens is 2. The van der Waals surface area contributed by atoms with E-state index in [0.29, 0.717) is 24.2 Å². The molecule has 0 N–H and O–H groups in total. The number of carbonyl (C=O) groups is 1. The van der Waals surface area contributed by atoms with Crippen LogP contribution in [-0.4, -0.2) is 36.8 Å². The van der Waals surface area contributed by atoms with E-state index < -0.39 is 10.1 Å². The van der Waals surface area contributed by atoms with Crippen LogP contribution in [0.4, 0.5) is 0 Å². The van der Waals surface area contributed by atoms with E-state index in [0.717, 1.165) is 36.0 Å². The summed E-state index contributed by atoms with van der Waals surface area (Å²) in [6.07, 6.45) is 4.57. The molecule has 0 radical (unpaired) electrons. The predicted molar refractivity (Wildman–Crippen MR) is 122 cm³/mol. The van der Waals surface area contributed by atoms with Crippen molar-refractivity contribution in [3.8, 4) is 11.3 Å². The Bertz CT molecular complexity index is 982. The monoisotopic (exact) mass is 446 g/mol. The molecule has 1 heterocycles. The van der Waals surface area contributed by atoms with Crippen molar-refractivity contribution in [1.82, 2.24) is 9.78 Å². The number of hydrogen-bond donors (Lipinski definition) is 0. The van der Waals surface area contributed by atoms with Crippen molar-refractivity contribution in [3.63, 3.8) is 0 Å². The summed E-state index contributed by atoms with van der Waals surface area (Å²) in [7, 11) is -3.52. The lowest BCUT2D eigenvalue weighted by molar-refractivity contribution is -0.126. The molecule has 2 aromatic rings. The Balaban J connectivity index is 1.83. The first-order chi connectivity index (χ1) is 14.6. The van der Waals surface area contributed by atoms with Gasteiger partial charge >= 0.3 is 0 Å². The van der Waals surface area contributed by atoms with E-state index in [4.69, 9.17) is 4.18 Å². The second-order valence-electron chi connectivity index (χ2n) is 9.21. The lowest BCUT2D eigenvalue weighted by Crippen LogP contribution is -2.34. The quantitative estimate of drug-likeness (QED) is 0.535. The van der Waals surface area contributed by atoms with Crippen LogP contribution >= 0.6 is 0 Å². The maximum atomic E-state index is 13.4. The van der Waals surface area contributed by atoms with Crippen molar-refractivity contribution in [3.05, 3.63) is 42.1 Å². The van der Waals surface area contributed by atoms with Crippen LogP contribution in [0.1, 0.15) is 45.7 Å². The third-order valence-electron chi connectivity index (χ3n) is 6.32. The van der Waals surface area contributed by atoms with Gasteiger partial charge in [-0.2, -0.15) is 13.5 Å². The van der Waals surface area contributed by atoms with Crippen LogP contribution in [0.3, 0.4) is 0 Å². The lowest BCUT2D eigenvalue weighted by atomic mass is 9.68. The Morgan fingerprint density at radius 2 is 1.94 bits per heavy atom. The average Bonchev–Trinajstić information content (AvgIpc) is 3.10. The van der Waals surface area contributed by atoms with Crippen LogP contribution in [0.2, 0.25) is 0 Å². The van der Waals surface area contributed by atoms with Crippen molar-refractivity contribution in [1.29, 1.82) is 0 Å². The second kappa shape index (κ2) is 10.1. The van der Waals surface area contributed by atoms with Crippen LogP contribution in [-0.2, 0) is 32.1 Å². The van der Waals surface area contributed by atoms with E-state index in [9.17, 15) is 13.2 Å². The van der Waals surface area contributed by atoms with Gasteiger partial charge in [-0.05, 0) is 36.7 Å². The Morgan fingerprint density at radius 3 is 2.58 bits per heavy atom. The third kappa shape index (κ3) is 6.50. The molecule has 0 unspecified atom stereocenters. The number of nitrogens with zero attached hydrogens (tertiary/aromatic N) is 2. The molecule has 1 saturated carbocycles. The van der Waals surface area contributed by atoms with Crippen molar-refractivity contribution < 1.29 is 17.4 Å². The summed E-state index contributed by atoms with van der Waals surface area (Å²) in [5.74, 6) is 1.79. The van der Waals surface area contributed by atoms with E-state index in [2.05, 4.69) is 25.9 Å². The highest BCUT2D eigenvalue weighted by molar-refractivity contribution is 7.85. The Hall–Kier alpha value is -1.99. The molecule has 1 aromatic heterocycles. The first kappa shape index (κ1) is 23.7. The van der Waals surface area contributed by atoms with Gasteiger partial charge in [-0.1, -0.05) is 57.5 Å². The molecule has 1 aliphatic rings. The maximum Gasteiger partial charge on any atom is 0.264 e. The standard InChI is InChI=1S/C24H34N2O4S/c1-17(2)21-11-10-18(3)14-22(21)24(27)16-20-15-23(19-8-6-5-7-9-19)25-26(20)12-13-30-31(4,28)29/h5-9,15,17-18,21-22H,10-14,16H2,1-4H3/t18-,21+,22-/m1/s1. The van der Waals surface area contributed by atoms with E-state index in [-0.39, 0.29) is 24.9 Å². The summed E-state index contributed by atoms with van der Waals surface area (Å²) in [6, 6.07) is 11.7. The van der Waals surface area contributed by atoms with E-state index in [1.165, 1.54) is 6.42 Å². The molecule has 0 spiro atoms. The summed E-state index contributed by atoms with van der Waals surface area (Å²) in [5, 5.41) is 4.66. The van der Waals surface area contributed by atoms with Gasteiger partial charge in [0.15, 0.2) is 0 Å². The minimum absolute atomic E-state index is 0.00891. The van der Waals surface area contributed by atoms with Crippen molar-refractivity contribution in [2.24, 2.45) is 23.7 Å². The van der Waals surface area contributed by atoms with Gasteiger partial charge in [-0.3, -0.25) is 13.7 Å². The largest absolute Gasteiger partial charge is 0.299 e. The molecule has 31 heavy (non-hydrogen) atoms. The van der Waals surface area contributed by atoms with Crippen LogP contribution < -0.4 is 0 Å². The van der Waals surface area contributed by atoms with Gasteiger partial charge in [-0.15, -0.1) is 0 Å². The first-order valence-corrected chi connectivity index (χ1v) is 12.9. The van der Waals surface area contributed by atoms with Gasteiger partial charge in [0.05, 0.1) is 25.1 Å². The van der Waals surface area contributed by atoms with Crippen molar-refractivity contribution in [2.45, 2.75) is 53.0 Å². The van der Waals surface area contributed by atoms with E-state index >= 15 is 0 Å². The third-order valence-corrected chi connectivity index (χ3v) is 6.92. The van der Waals surface area contributed by atoms with Gasteiger partial charge < -0.3 is 0 Å². The fourth-order valence-corrected chi connectivity index (χ4v) is 5.08. The molecule has 0 bridgehead atoms. The zero-order valence-electron chi connectivity index (χ0n) is 19.0. The number of rotatable bonds is 9. The number of hydrogen-bond acceptors (Lipinski definition) is 5. The summed E-state index contributed by atoms with van der Waals surface area (Å²) in [4.78, 5) is 13.4. The van der Waals surface area contributed by atoms with Crippen LogP contribution in [0, 0.1) is 23.7 Å². The van der Waals surface area contributed by atoms with Gasteiger partial charge in [-0.25, -0.2) is 0 Å². The molecule has 170 valence electrons. The highest BCUT2D eigenvalue weighted by atomic mass is 32.2. The van der Waals surface area contributed by atoms with Crippen LogP contribution in [0.15, 0.2) is 36.4 Å². The van der Waals surface area contributed by atoms with E-state index in [1.807, 2.05) is 36.4 Å². The summed E-state index contributed by atoms with van der Waals surface area (Å²) in [5.41, 5.74) is 2.55. The van der Waals surface area contributed by atoms with Crippen molar-refractivity contribution >= 4 is 15.9 Å². The highest BCUT2D eigenvalue weighted by Gasteiger charge is 2.35. The molecule has 1 fully saturated rings. The van der Waals surface area contributed by atoms with Crippen LogP contribution in [0.5, 0.6) is 0 Å². The van der Waals surface area contributed by atoms with Gasteiger partial charge in [0, 0.05) is 23.6 Å². The minimum Gasteiger partial charge on any atom is -0.299 e. The average molecular weight is 447 g/mol. The maximum absolute atomic E-state index is 13.4.